The van der Waals surface area contributed by atoms with Crippen LogP contribution >= 0.6 is 24.8 Å². The molecule has 1 rings (SSSR count). The average Bonchev–Trinajstić information content (AvgIpc) is 2.13. The number of anilines is 1. The number of nitrogens with zero attached hydrogens (tertiary/aromatic N) is 2. The maximum Gasteiger partial charge on any atom is 0.151 e. The number of carbonyl (C=O) groups excluding carboxylic acids is 1. The van der Waals surface area contributed by atoms with Crippen molar-refractivity contribution in [3.63, 3.8) is 0 Å². The van der Waals surface area contributed by atoms with Crippen LogP contribution in [0.2, 0.25) is 0 Å². The molecule has 1 aromatic heterocycles. The van der Waals surface area contributed by atoms with Gasteiger partial charge in [-0.15, -0.1) is 24.8 Å². The highest BCUT2D eigenvalue weighted by molar-refractivity contribution is 5.85. The summed E-state index contributed by atoms with van der Waals surface area (Å²) >= 11 is 0. The van der Waals surface area contributed by atoms with Crippen molar-refractivity contribution in [3.05, 3.63) is 12.4 Å². The van der Waals surface area contributed by atoms with Gasteiger partial charge in [0.15, 0.2) is 5.78 Å². The Morgan fingerprint density at radius 2 is 2.25 bits per heavy atom. The molecule has 0 unspecified atom stereocenters. The van der Waals surface area contributed by atoms with Crippen LogP contribution in [0.15, 0.2) is 12.4 Å². The van der Waals surface area contributed by atoms with E-state index in [0.29, 0.717) is 12.2 Å². The summed E-state index contributed by atoms with van der Waals surface area (Å²) in [6, 6.07) is 0. The van der Waals surface area contributed by atoms with Crippen molar-refractivity contribution in [2.45, 2.75) is 13.5 Å². The molecule has 1 aromatic rings. The fraction of sp³-hybridized carbons (Fsp3) is 0.333. The van der Waals surface area contributed by atoms with Gasteiger partial charge in [0.1, 0.15) is 0 Å². The van der Waals surface area contributed by atoms with Crippen LogP contribution in [0, 0.1) is 0 Å². The molecule has 4 nitrogen and oxygen atoms in total. The molecule has 2 N–H and O–H groups in total. The first-order chi connectivity index (χ1) is 4.68. The van der Waals surface area contributed by atoms with Gasteiger partial charge < -0.3 is 5.73 Å². The number of carbonyl (C=O) groups is 1. The van der Waals surface area contributed by atoms with E-state index in [1.165, 1.54) is 17.8 Å². The summed E-state index contributed by atoms with van der Waals surface area (Å²) in [6.45, 7) is 1.81. The van der Waals surface area contributed by atoms with Crippen LogP contribution in [0.25, 0.3) is 0 Å². The number of ketones is 1. The van der Waals surface area contributed by atoms with Crippen molar-refractivity contribution in [2.75, 3.05) is 5.73 Å². The van der Waals surface area contributed by atoms with Crippen LogP contribution < -0.4 is 5.73 Å². The van der Waals surface area contributed by atoms with Gasteiger partial charge in [-0.3, -0.25) is 9.48 Å². The van der Waals surface area contributed by atoms with Crippen LogP contribution in [-0.2, 0) is 11.3 Å². The number of rotatable bonds is 2. The van der Waals surface area contributed by atoms with E-state index in [9.17, 15) is 4.79 Å². The molecule has 0 bridgehead atoms. The van der Waals surface area contributed by atoms with Gasteiger partial charge in [0.05, 0.1) is 18.4 Å². The summed E-state index contributed by atoms with van der Waals surface area (Å²) in [6.07, 6.45) is 3.14. The van der Waals surface area contributed by atoms with Gasteiger partial charge in [-0.1, -0.05) is 0 Å². The van der Waals surface area contributed by atoms with Gasteiger partial charge in [0.25, 0.3) is 0 Å². The third kappa shape index (κ3) is 4.20. The minimum absolute atomic E-state index is 0. The van der Waals surface area contributed by atoms with Crippen molar-refractivity contribution < 1.29 is 4.79 Å². The quantitative estimate of drug-likeness (QED) is 0.792. The van der Waals surface area contributed by atoms with Gasteiger partial charge in [0.2, 0.25) is 0 Å². The summed E-state index contributed by atoms with van der Waals surface area (Å²) in [5, 5.41) is 3.83. The molecule has 0 amide bonds. The van der Waals surface area contributed by atoms with Crippen LogP contribution in [0.5, 0.6) is 0 Å². The van der Waals surface area contributed by atoms with Crippen molar-refractivity contribution in [1.29, 1.82) is 0 Å². The molecule has 0 fully saturated rings. The minimum atomic E-state index is 0. The molecule has 0 aliphatic heterocycles. The molecule has 0 aliphatic rings. The number of nitrogens with two attached hydrogens (primary N) is 1. The van der Waals surface area contributed by atoms with E-state index < -0.39 is 0 Å². The lowest BCUT2D eigenvalue weighted by Crippen LogP contribution is -2.05. The fourth-order valence-electron chi connectivity index (χ4n) is 0.694. The van der Waals surface area contributed by atoms with Crippen molar-refractivity contribution in [1.82, 2.24) is 9.78 Å². The first kappa shape index (κ1) is 13.8. The van der Waals surface area contributed by atoms with E-state index in [2.05, 4.69) is 5.10 Å². The van der Waals surface area contributed by atoms with Crippen molar-refractivity contribution >= 4 is 36.3 Å². The van der Waals surface area contributed by atoms with E-state index in [1.807, 2.05) is 0 Å². The summed E-state index contributed by atoms with van der Waals surface area (Å²) in [5.41, 5.74) is 5.94. The summed E-state index contributed by atoms with van der Waals surface area (Å²) in [7, 11) is 0. The molecule has 1 heterocycles. The molecule has 0 atom stereocenters. The summed E-state index contributed by atoms with van der Waals surface area (Å²) < 4.78 is 1.51. The molecule has 0 aromatic carbocycles. The predicted molar refractivity (Wildman–Crippen MR) is 51.8 cm³/mol. The Labute approximate surface area is 82.9 Å². The first-order valence-electron chi connectivity index (χ1n) is 2.96. The molecule has 70 valence electrons. The van der Waals surface area contributed by atoms with Gasteiger partial charge >= 0.3 is 0 Å². The Morgan fingerprint density at radius 1 is 1.67 bits per heavy atom. The Hall–Kier alpha value is -0.740. The van der Waals surface area contributed by atoms with Crippen LogP contribution in [0.4, 0.5) is 5.69 Å². The number of aromatic nitrogens is 2. The lowest BCUT2D eigenvalue weighted by molar-refractivity contribution is -0.117. The Morgan fingerprint density at radius 3 is 2.58 bits per heavy atom. The first-order valence-corrected chi connectivity index (χ1v) is 2.96. The van der Waals surface area contributed by atoms with Crippen LogP contribution in [0.3, 0.4) is 0 Å². The standard InChI is InChI=1S/C6H9N3O.2ClH/c1-5(10)3-9-4-6(7)2-8-9;;/h2,4H,3,7H2,1H3;2*1H. The molecule has 0 saturated carbocycles. The SMILES string of the molecule is CC(=O)Cn1cc(N)cn1.Cl.Cl. The number of hydrogen-bond donors (Lipinski definition) is 1. The number of Topliss-reactive ketones (excluding diaryl/α,β-unsaturated/α-hetero) is 1. The molecular weight excluding hydrogens is 201 g/mol. The van der Waals surface area contributed by atoms with E-state index in [-0.39, 0.29) is 30.6 Å². The smallest absolute Gasteiger partial charge is 0.151 e. The normalized spacial score (nSPS) is 8.08. The number of hydrogen-bond acceptors (Lipinski definition) is 3. The number of halogens is 2. The van der Waals surface area contributed by atoms with Crippen molar-refractivity contribution in [2.24, 2.45) is 0 Å². The third-order valence-electron chi connectivity index (χ3n) is 1.04. The van der Waals surface area contributed by atoms with Gasteiger partial charge in [-0.2, -0.15) is 5.10 Å². The molecule has 6 heteroatoms. The molecule has 0 radical (unpaired) electrons. The summed E-state index contributed by atoms with van der Waals surface area (Å²) in [5.74, 6) is 0.0723. The maximum absolute atomic E-state index is 10.5. The highest BCUT2D eigenvalue weighted by Gasteiger charge is 1.96. The predicted octanol–water partition coefficient (Wildman–Crippen LogP) is 0.898. The van der Waals surface area contributed by atoms with E-state index >= 15 is 0 Å². The van der Waals surface area contributed by atoms with E-state index in [0.717, 1.165) is 0 Å². The third-order valence-corrected chi connectivity index (χ3v) is 1.04. The summed E-state index contributed by atoms with van der Waals surface area (Å²) in [4.78, 5) is 10.5. The second-order valence-electron chi connectivity index (χ2n) is 2.17. The van der Waals surface area contributed by atoms with Gasteiger partial charge in [-0.25, -0.2) is 0 Å². The zero-order valence-corrected chi connectivity index (χ0v) is 8.19. The lowest BCUT2D eigenvalue weighted by atomic mass is 10.4. The van der Waals surface area contributed by atoms with E-state index in [1.54, 1.807) is 6.20 Å². The Kier molecular flexibility index (Phi) is 6.74. The van der Waals surface area contributed by atoms with Crippen molar-refractivity contribution in [3.8, 4) is 0 Å². The van der Waals surface area contributed by atoms with Gasteiger partial charge in [-0.05, 0) is 6.92 Å². The zero-order chi connectivity index (χ0) is 7.56. The lowest BCUT2D eigenvalue weighted by Gasteiger charge is -1.92. The number of nitrogen functional groups attached to an aromatic ring is 1. The molecule has 0 spiro atoms. The zero-order valence-electron chi connectivity index (χ0n) is 6.56. The topological polar surface area (TPSA) is 60.9 Å². The highest BCUT2D eigenvalue weighted by Crippen LogP contribution is 1.96. The Bertz CT molecular complexity index is 249. The maximum atomic E-state index is 10.5. The van der Waals surface area contributed by atoms with Gasteiger partial charge in [0, 0.05) is 6.20 Å². The monoisotopic (exact) mass is 211 g/mol. The van der Waals surface area contributed by atoms with E-state index in [4.69, 9.17) is 5.73 Å². The largest absolute Gasteiger partial charge is 0.396 e. The highest BCUT2D eigenvalue weighted by atomic mass is 35.5. The van der Waals surface area contributed by atoms with Crippen LogP contribution in [-0.4, -0.2) is 15.6 Å². The average molecular weight is 212 g/mol. The second-order valence-corrected chi connectivity index (χ2v) is 2.17. The minimum Gasteiger partial charge on any atom is -0.396 e. The second kappa shape index (κ2) is 5.85. The molecular formula is C6H11Cl2N3O. The van der Waals surface area contributed by atoms with Crippen LogP contribution in [0.1, 0.15) is 6.92 Å². The molecule has 0 aliphatic carbocycles. The fourth-order valence-corrected chi connectivity index (χ4v) is 0.694. The Balaban J connectivity index is 0. The molecule has 0 saturated heterocycles. The molecule has 12 heavy (non-hydrogen) atoms.